The number of anilines is 1. The van der Waals surface area contributed by atoms with Crippen molar-refractivity contribution in [1.29, 1.82) is 0 Å². The first-order valence-corrected chi connectivity index (χ1v) is 6.86. The van der Waals surface area contributed by atoms with E-state index in [0.717, 1.165) is 16.4 Å². The van der Waals surface area contributed by atoms with Crippen LogP contribution in [0.5, 0.6) is 0 Å². The van der Waals surface area contributed by atoms with Gasteiger partial charge in [0.05, 0.1) is 18.2 Å². The summed E-state index contributed by atoms with van der Waals surface area (Å²) in [4.78, 5) is 18.9. The molecule has 0 amide bonds. The zero-order chi connectivity index (χ0) is 13.7. The van der Waals surface area contributed by atoms with E-state index < -0.39 is 5.97 Å². The van der Waals surface area contributed by atoms with Crippen LogP contribution >= 0.6 is 11.3 Å². The fourth-order valence-electron chi connectivity index (χ4n) is 1.62. The molecule has 0 aliphatic carbocycles. The van der Waals surface area contributed by atoms with Crippen LogP contribution in [-0.4, -0.2) is 21.0 Å². The van der Waals surface area contributed by atoms with E-state index >= 15 is 0 Å². The number of aliphatic carboxylic acids is 1. The predicted octanol–water partition coefficient (Wildman–Crippen LogP) is 2.73. The number of aryl methyl sites for hydroxylation is 1. The molecule has 0 fully saturated rings. The highest BCUT2D eigenvalue weighted by Crippen LogP contribution is 2.22. The summed E-state index contributed by atoms with van der Waals surface area (Å²) >= 11 is 1.49. The molecule has 5 nitrogen and oxygen atoms in total. The van der Waals surface area contributed by atoms with Crippen LogP contribution in [0.2, 0.25) is 0 Å². The van der Waals surface area contributed by atoms with Gasteiger partial charge < -0.3 is 10.4 Å². The van der Waals surface area contributed by atoms with Crippen LogP contribution in [-0.2, 0) is 11.2 Å². The quantitative estimate of drug-likeness (QED) is 0.849. The third-order valence-corrected chi connectivity index (χ3v) is 3.49. The van der Waals surface area contributed by atoms with E-state index in [0.29, 0.717) is 6.42 Å². The third kappa shape index (κ3) is 4.03. The fraction of sp³-hybridized carbons (Fsp3) is 0.308. The van der Waals surface area contributed by atoms with Gasteiger partial charge in [0.25, 0.3) is 0 Å². The molecule has 1 unspecified atom stereocenters. The van der Waals surface area contributed by atoms with Gasteiger partial charge in [0.15, 0.2) is 5.13 Å². The summed E-state index contributed by atoms with van der Waals surface area (Å²) in [6.07, 6.45) is 4.14. The maximum absolute atomic E-state index is 10.5. The van der Waals surface area contributed by atoms with E-state index in [2.05, 4.69) is 15.3 Å². The van der Waals surface area contributed by atoms with Crippen molar-refractivity contribution >= 4 is 22.4 Å². The van der Waals surface area contributed by atoms with Gasteiger partial charge in [-0.3, -0.25) is 9.78 Å². The smallest absolute Gasteiger partial charge is 0.303 e. The molecule has 0 aliphatic heterocycles. The van der Waals surface area contributed by atoms with Gasteiger partial charge in [0.2, 0.25) is 0 Å². The van der Waals surface area contributed by atoms with Crippen LogP contribution in [0, 0.1) is 0 Å². The van der Waals surface area contributed by atoms with Gasteiger partial charge in [0, 0.05) is 24.2 Å². The highest BCUT2D eigenvalue weighted by molar-refractivity contribution is 7.13. The Balaban J connectivity index is 1.94. The SMILES string of the molecule is CC(Nc1nc(CCC(=O)O)cs1)c1cccnc1. The average Bonchev–Trinajstić information content (AvgIpc) is 2.85. The molecule has 0 radical (unpaired) electrons. The van der Waals surface area contributed by atoms with Crippen molar-refractivity contribution in [2.24, 2.45) is 0 Å². The first kappa shape index (κ1) is 13.5. The van der Waals surface area contributed by atoms with Crippen LogP contribution in [0.1, 0.15) is 30.6 Å². The number of hydrogen-bond donors (Lipinski definition) is 2. The molecule has 6 heteroatoms. The summed E-state index contributed by atoms with van der Waals surface area (Å²) in [5.41, 5.74) is 1.90. The number of pyridine rings is 1. The maximum atomic E-state index is 10.5. The minimum Gasteiger partial charge on any atom is -0.481 e. The number of nitrogens with zero attached hydrogens (tertiary/aromatic N) is 2. The van der Waals surface area contributed by atoms with Crippen molar-refractivity contribution in [3.63, 3.8) is 0 Å². The van der Waals surface area contributed by atoms with Crippen molar-refractivity contribution in [2.75, 3.05) is 5.32 Å². The molecule has 0 spiro atoms. The second kappa shape index (κ2) is 6.29. The van der Waals surface area contributed by atoms with E-state index in [1.165, 1.54) is 11.3 Å². The summed E-state index contributed by atoms with van der Waals surface area (Å²) in [6.45, 7) is 2.04. The Morgan fingerprint density at radius 1 is 1.58 bits per heavy atom. The number of hydrogen-bond acceptors (Lipinski definition) is 5. The Morgan fingerprint density at radius 3 is 3.11 bits per heavy atom. The largest absolute Gasteiger partial charge is 0.481 e. The number of aromatic nitrogens is 2. The number of carboxylic acid groups (broad SMARTS) is 1. The Kier molecular flexibility index (Phi) is 4.46. The summed E-state index contributed by atoms with van der Waals surface area (Å²) in [6, 6.07) is 4.02. The zero-order valence-corrected chi connectivity index (χ0v) is 11.4. The Labute approximate surface area is 115 Å². The normalized spacial score (nSPS) is 12.1. The number of rotatable bonds is 6. The third-order valence-electron chi connectivity index (χ3n) is 2.67. The lowest BCUT2D eigenvalue weighted by atomic mass is 10.1. The molecule has 19 heavy (non-hydrogen) atoms. The zero-order valence-electron chi connectivity index (χ0n) is 10.5. The summed E-state index contributed by atoms with van der Waals surface area (Å²) in [7, 11) is 0. The summed E-state index contributed by atoms with van der Waals surface area (Å²) in [5, 5.41) is 14.6. The highest BCUT2D eigenvalue weighted by atomic mass is 32.1. The molecule has 0 bridgehead atoms. The molecule has 2 aromatic rings. The lowest BCUT2D eigenvalue weighted by Gasteiger charge is -2.12. The van der Waals surface area contributed by atoms with Crippen LogP contribution in [0.25, 0.3) is 0 Å². The van der Waals surface area contributed by atoms with Crippen molar-refractivity contribution in [3.8, 4) is 0 Å². The number of thiazole rings is 1. The first-order chi connectivity index (χ1) is 9.15. The highest BCUT2D eigenvalue weighted by Gasteiger charge is 2.09. The minimum atomic E-state index is -0.800. The summed E-state index contributed by atoms with van der Waals surface area (Å²) < 4.78 is 0. The van der Waals surface area contributed by atoms with Crippen LogP contribution in [0.4, 0.5) is 5.13 Å². The van der Waals surface area contributed by atoms with Crippen molar-refractivity contribution in [1.82, 2.24) is 9.97 Å². The lowest BCUT2D eigenvalue weighted by Crippen LogP contribution is -2.06. The van der Waals surface area contributed by atoms with Gasteiger partial charge in [-0.1, -0.05) is 6.07 Å². The second-order valence-corrected chi connectivity index (χ2v) is 5.05. The topological polar surface area (TPSA) is 75.1 Å². The van der Waals surface area contributed by atoms with Gasteiger partial charge in [0.1, 0.15) is 0 Å². The monoisotopic (exact) mass is 277 g/mol. The molecule has 100 valence electrons. The standard InChI is InChI=1S/C13H15N3O2S/c1-9(10-3-2-6-14-7-10)15-13-16-11(8-19-13)4-5-12(17)18/h2-3,6-9H,4-5H2,1H3,(H,15,16)(H,17,18). The second-order valence-electron chi connectivity index (χ2n) is 4.19. The fourth-order valence-corrected chi connectivity index (χ4v) is 2.46. The Morgan fingerprint density at radius 2 is 2.42 bits per heavy atom. The molecule has 2 N–H and O–H groups in total. The molecule has 2 rings (SSSR count). The molecule has 0 saturated heterocycles. The van der Waals surface area contributed by atoms with Gasteiger partial charge >= 0.3 is 5.97 Å². The van der Waals surface area contributed by atoms with Crippen molar-refractivity contribution in [2.45, 2.75) is 25.8 Å². The Bertz CT molecular complexity index is 542. The van der Waals surface area contributed by atoms with Gasteiger partial charge in [-0.05, 0) is 18.6 Å². The molecule has 2 aromatic heterocycles. The van der Waals surface area contributed by atoms with E-state index in [-0.39, 0.29) is 12.5 Å². The average molecular weight is 277 g/mol. The number of carbonyl (C=O) groups is 1. The van der Waals surface area contributed by atoms with Gasteiger partial charge in [-0.25, -0.2) is 4.98 Å². The van der Waals surface area contributed by atoms with Crippen molar-refractivity contribution < 1.29 is 9.90 Å². The van der Waals surface area contributed by atoms with E-state index in [1.807, 2.05) is 30.6 Å². The van der Waals surface area contributed by atoms with Gasteiger partial charge in [-0.2, -0.15) is 0 Å². The van der Waals surface area contributed by atoms with Crippen LogP contribution in [0.3, 0.4) is 0 Å². The van der Waals surface area contributed by atoms with Crippen LogP contribution < -0.4 is 5.32 Å². The molecular formula is C13H15N3O2S. The van der Waals surface area contributed by atoms with E-state index in [1.54, 1.807) is 6.20 Å². The van der Waals surface area contributed by atoms with Gasteiger partial charge in [-0.15, -0.1) is 11.3 Å². The molecule has 0 saturated carbocycles. The van der Waals surface area contributed by atoms with Crippen LogP contribution in [0.15, 0.2) is 29.9 Å². The van der Waals surface area contributed by atoms with E-state index in [4.69, 9.17) is 5.11 Å². The molecule has 1 atom stereocenters. The Hall–Kier alpha value is -1.95. The minimum absolute atomic E-state index is 0.112. The van der Waals surface area contributed by atoms with Crippen molar-refractivity contribution in [3.05, 3.63) is 41.2 Å². The molecule has 0 aliphatic rings. The molecular weight excluding hydrogens is 262 g/mol. The van der Waals surface area contributed by atoms with E-state index in [9.17, 15) is 4.79 Å². The predicted molar refractivity (Wildman–Crippen MR) is 74.3 cm³/mol. The summed E-state index contributed by atoms with van der Waals surface area (Å²) in [5.74, 6) is -0.800. The lowest BCUT2D eigenvalue weighted by molar-refractivity contribution is -0.136. The molecule has 2 heterocycles. The maximum Gasteiger partial charge on any atom is 0.303 e. The number of nitrogens with one attached hydrogen (secondary N) is 1. The first-order valence-electron chi connectivity index (χ1n) is 5.98. The number of carboxylic acids is 1. The molecule has 0 aromatic carbocycles.